The Bertz CT molecular complexity index is 441. The van der Waals surface area contributed by atoms with Crippen LogP contribution in [-0.2, 0) is 9.53 Å². The largest absolute Gasteiger partial charge is 0.379 e. The third-order valence-electron chi connectivity index (χ3n) is 4.15. The molecule has 0 aliphatic carbocycles. The van der Waals surface area contributed by atoms with E-state index in [2.05, 4.69) is 5.32 Å². The van der Waals surface area contributed by atoms with E-state index >= 15 is 0 Å². The number of rotatable bonds is 6. The summed E-state index contributed by atoms with van der Waals surface area (Å²) in [6, 6.07) is 9.99. The fourth-order valence-electron chi connectivity index (χ4n) is 3.03. The van der Waals surface area contributed by atoms with Crippen molar-refractivity contribution in [2.45, 2.75) is 38.6 Å². The summed E-state index contributed by atoms with van der Waals surface area (Å²) in [5.74, 6) is 0.169. The molecule has 2 rings (SSSR count). The highest BCUT2D eigenvalue weighted by atomic mass is 16.5. The zero-order valence-corrected chi connectivity index (χ0v) is 13.1. The molecule has 1 heterocycles. The highest BCUT2D eigenvalue weighted by Gasteiger charge is 2.41. The molecule has 0 unspecified atom stereocenters. The second kappa shape index (κ2) is 7.57. The first-order chi connectivity index (χ1) is 10.2. The van der Waals surface area contributed by atoms with Crippen molar-refractivity contribution in [2.24, 2.45) is 0 Å². The van der Waals surface area contributed by atoms with E-state index in [0.717, 1.165) is 31.6 Å². The molecule has 4 nitrogen and oxygen atoms in total. The molecule has 1 fully saturated rings. The van der Waals surface area contributed by atoms with Crippen LogP contribution in [-0.4, -0.2) is 37.7 Å². The number of hydrogen-bond acceptors (Lipinski definition) is 3. The van der Waals surface area contributed by atoms with Crippen LogP contribution in [0.25, 0.3) is 0 Å². The molecular weight excluding hydrogens is 264 g/mol. The highest BCUT2D eigenvalue weighted by molar-refractivity contribution is 5.94. The van der Waals surface area contributed by atoms with Gasteiger partial charge in [0.05, 0.1) is 12.1 Å². The lowest BCUT2D eigenvalue weighted by molar-refractivity contribution is -0.120. The molecule has 1 aromatic rings. The van der Waals surface area contributed by atoms with Gasteiger partial charge in [-0.05, 0) is 45.0 Å². The van der Waals surface area contributed by atoms with Crippen LogP contribution < -0.4 is 10.2 Å². The third kappa shape index (κ3) is 3.63. The Morgan fingerprint density at radius 3 is 2.48 bits per heavy atom. The number of amides is 1. The molecule has 1 aliphatic heterocycles. The first-order valence-electron chi connectivity index (χ1n) is 7.90. The molecule has 21 heavy (non-hydrogen) atoms. The van der Waals surface area contributed by atoms with Crippen LogP contribution in [0.15, 0.2) is 30.3 Å². The van der Waals surface area contributed by atoms with Gasteiger partial charge in [-0.25, -0.2) is 0 Å². The van der Waals surface area contributed by atoms with Crippen molar-refractivity contribution in [1.82, 2.24) is 5.32 Å². The summed E-state index contributed by atoms with van der Waals surface area (Å²) in [6.07, 6.45) is 2.36. The predicted molar refractivity (Wildman–Crippen MR) is 85.5 cm³/mol. The van der Waals surface area contributed by atoms with Gasteiger partial charge >= 0.3 is 0 Å². The van der Waals surface area contributed by atoms with Crippen molar-refractivity contribution in [3.05, 3.63) is 30.3 Å². The van der Waals surface area contributed by atoms with E-state index in [1.54, 1.807) is 0 Å². The standard InChI is InChI=1S/C17H26N2O2/c1-3-16(20)19(15-8-6-5-7-9-15)17(14-21-4-2)10-12-18-13-11-17/h5-9,18H,3-4,10-14H2,1-2H3. The maximum absolute atomic E-state index is 12.6. The Kier molecular flexibility index (Phi) is 5.76. The fraction of sp³-hybridized carbons (Fsp3) is 0.588. The van der Waals surface area contributed by atoms with E-state index in [1.807, 2.05) is 49.1 Å². The lowest BCUT2D eigenvalue weighted by Crippen LogP contribution is -2.59. The minimum Gasteiger partial charge on any atom is -0.379 e. The van der Waals surface area contributed by atoms with Crippen LogP contribution in [0.5, 0.6) is 0 Å². The molecule has 0 aromatic heterocycles. The molecule has 0 atom stereocenters. The predicted octanol–water partition coefficient (Wildman–Crippen LogP) is 2.59. The maximum Gasteiger partial charge on any atom is 0.227 e. The maximum atomic E-state index is 12.6. The number of carbonyl (C=O) groups is 1. The van der Waals surface area contributed by atoms with E-state index in [0.29, 0.717) is 19.6 Å². The number of piperidine rings is 1. The molecule has 1 aliphatic rings. The normalized spacial score (nSPS) is 17.4. The summed E-state index contributed by atoms with van der Waals surface area (Å²) >= 11 is 0. The Morgan fingerprint density at radius 1 is 1.24 bits per heavy atom. The molecule has 0 saturated carbocycles. The number of anilines is 1. The first-order valence-corrected chi connectivity index (χ1v) is 7.90. The third-order valence-corrected chi connectivity index (χ3v) is 4.15. The van der Waals surface area contributed by atoms with E-state index in [1.165, 1.54) is 0 Å². The Balaban J connectivity index is 2.37. The smallest absolute Gasteiger partial charge is 0.227 e. The molecule has 0 radical (unpaired) electrons. The average molecular weight is 290 g/mol. The molecule has 1 saturated heterocycles. The lowest BCUT2D eigenvalue weighted by Gasteiger charge is -2.46. The second-order valence-corrected chi connectivity index (χ2v) is 5.53. The van der Waals surface area contributed by atoms with Crippen molar-refractivity contribution in [3.8, 4) is 0 Å². The van der Waals surface area contributed by atoms with E-state index < -0.39 is 0 Å². The minimum absolute atomic E-state index is 0.169. The van der Waals surface area contributed by atoms with Gasteiger partial charge in [-0.2, -0.15) is 0 Å². The van der Waals surface area contributed by atoms with Gasteiger partial charge in [-0.3, -0.25) is 4.79 Å². The van der Waals surface area contributed by atoms with E-state index in [4.69, 9.17) is 4.74 Å². The summed E-state index contributed by atoms with van der Waals surface area (Å²) in [4.78, 5) is 14.6. The van der Waals surface area contributed by atoms with Gasteiger partial charge in [0.1, 0.15) is 0 Å². The van der Waals surface area contributed by atoms with Crippen molar-refractivity contribution < 1.29 is 9.53 Å². The molecule has 1 aromatic carbocycles. The van der Waals surface area contributed by atoms with Crippen molar-refractivity contribution in [2.75, 3.05) is 31.2 Å². The number of ether oxygens (including phenoxy) is 1. The summed E-state index contributed by atoms with van der Waals surface area (Å²) in [5, 5.41) is 3.39. The van der Waals surface area contributed by atoms with Gasteiger partial charge in [0.15, 0.2) is 0 Å². The molecule has 1 N–H and O–H groups in total. The lowest BCUT2D eigenvalue weighted by atomic mass is 9.86. The van der Waals surface area contributed by atoms with Gasteiger partial charge in [-0.15, -0.1) is 0 Å². The van der Waals surface area contributed by atoms with Crippen LogP contribution in [0.1, 0.15) is 33.1 Å². The van der Waals surface area contributed by atoms with Gasteiger partial charge in [0, 0.05) is 18.7 Å². The molecule has 4 heteroatoms. The first kappa shape index (κ1) is 16.0. The van der Waals surface area contributed by atoms with Crippen LogP contribution in [0, 0.1) is 0 Å². The molecule has 0 spiro atoms. The Labute approximate surface area is 127 Å². The van der Waals surface area contributed by atoms with Gasteiger partial charge in [0.2, 0.25) is 5.91 Å². The number of carbonyl (C=O) groups excluding carboxylic acids is 1. The zero-order valence-electron chi connectivity index (χ0n) is 13.1. The average Bonchev–Trinajstić information content (AvgIpc) is 2.55. The van der Waals surface area contributed by atoms with Crippen molar-refractivity contribution >= 4 is 11.6 Å². The number of nitrogens with one attached hydrogen (secondary N) is 1. The number of para-hydroxylation sites is 1. The summed E-state index contributed by atoms with van der Waals surface area (Å²) in [7, 11) is 0. The topological polar surface area (TPSA) is 41.6 Å². The fourth-order valence-corrected chi connectivity index (χ4v) is 3.03. The summed E-state index contributed by atoms with van der Waals surface area (Å²) in [6.45, 7) is 7.06. The Morgan fingerprint density at radius 2 is 1.90 bits per heavy atom. The van der Waals surface area contributed by atoms with Crippen LogP contribution in [0.2, 0.25) is 0 Å². The van der Waals surface area contributed by atoms with E-state index in [9.17, 15) is 4.79 Å². The van der Waals surface area contributed by atoms with Gasteiger partial charge < -0.3 is 15.0 Å². The zero-order chi connectivity index (χ0) is 15.1. The molecule has 116 valence electrons. The molecular formula is C17H26N2O2. The van der Waals surface area contributed by atoms with Crippen molar-refractivity contribution in [3.63, 3.8) is 0 Å². The van der Waals surface area contributed by atoms with Crippen LogP contribution in [0.4, 0.5) is 5.69 Å². The van der Waals surface area contributed by atoms with Gasteiger partial charge in [-0.1, -0.05) is 25.1 Å². The summed E-state index contributed by atoms with van der Waals surface area (Å²) in [5.41, 5.74) is 0.751. The Hall–Kier alpha value is -1.39. The number of nitrogens with zero attached hydrogens (tertiary/aromatic N) is 1. The monoisotopic (exact) mass is 290 g/mol. The highest BCUT2D eigenvalue weighted by Crippen LogP contribution is 2.32. The van der Waals surface area contributed by atoms with E-state index in [-0.39, 0.29) is 11.4 Å². The quantitative estimate of drug-likeness (QED) is 0.875. The SMILES string of the molecule is CCOCC1(N(C(=O)CC)c2ccccc2)CCNCC1. The number of benzene rings is 1. The minimum atomic E-state index is -0.226. The second-order valence-electron chi connectivity index (χ2n) is 5.53. The van der Waals surface area contributed by atoms with Crippen LogP contribution in [0.3, 0.4) is 0 Å². The molecule has 1 amide bonds. The summed E-state index contributed by atoms with van der Waals surface area (Å²) < 4.78 is 5.75. The molecule has 0 bridgehead atoms. The number of hydrogen-bond donors (Lipinski definition) is 1. The van der Waals surface area contributed by atoms with Gasteiger partial charge in [0.25, 0.3) is 0 Å². The van der Waals surface area contributed by atoms with Crippen LogP contribution >= 0.6 is 0 Å². The van der Waals surface area contributed by atoms with Crippen molar-refractivity contribution in [1.29, 1.82) is 0 Å².